The maximum absolute atomic E-state index is 11.5. The van der Waals surface area contributed by atoms with Crippen molar-refractivity contribution in [2.75, 3.05) is 5.75 Å². The maximum atomic E-state index is 11.5. The molecule has 0 spiro atoms. The summed E-state index contributed by atoms with van der Waals surface area (Å²) < 4.78 is 21.2. The predicted molar refractivity (Wildman–Crippen MR) is 119 cm³/mol. The van der Waals surface area contributed by atoms with Crippen LogP contribution in [-0.4, -0.2) is 16.8 Å². The Labute approximate surface area is 173 Å². The van der Waals surface area contributed by atoms with Gasteiger partial charge in [-0.15, -0.1) is 0 Å². The molecule has 0 saturated heterocycles. The van der Waals surface area contributed by atoms with Gasteiger partial charge in [-0.2, -0.15) is 0 Å². The van der Waals surface area contributed by atoms with Crippen LogP contribution in [0, 0.1) is 0 Å². The van der Waals surface area contributed by atoms with Gasteiger partial charge in [0.2, 0.25) is 0 Å². The fourth-order valence-corrected chi connectivity index (χ4v) is 4.92. The van der Waals surface area contributed by atoms with Crippen LogP contribution in [-0.2, 0) is 13.1 Å². The highest BCUT2D eigenvalue weighted by Gasteiger charge is 2.23. The van der Waals surface area contributed by atoms with Gasteiger partial charge in [0.1, 0.15) is 0 Å². The summed E-state index contributed by atoms with van der Waals surface area (Å²) in [7, 11) is -3.88. The van der Waals surface area contributed by atoms with Crippen molar-refractivity contribution in [3.05, 3.63) is 0 Å². The molecule has 0 bridgehead atoms. The molecular weight excluding hydrogens is 379 g/mol. The van der Waals surface area contributed by atoms with E-state index >= 15 is 0 Å². The summed E-state index contributed by atoms with van der Waals surface area (Å²) in [5, 5.41) is 0. The van der Waals surface area contributed by atoms with Crippen LogP contribution >= 0.6 is 19.9 Å². The lowest BCUT2D eigenvalue weighted by Crippen LogP contribution is -2.00. The molecule has 0 aliphatic rings. The first-order valence-electron chi connectivity index (χ1n) is 11.3. The zero-order chi connectivity index (χ0) is 20.2. The number of hydrogen-bond donors (Lipinski definition) is 1. The van der Waals surface area contributed by atoms with E-state index in [1.165, 1.54) is 89.9 Å². The van der Waals surface area contributed by atoms with Crippen molar-refractivity contribution in [3.63, 3.8) is 0 Å². The molecule has 1 unspecified atom stereocenters. The minimum atomic E-state index is -3.88. The predicted octanol–water partition coefficient (Wildman–Crippen LogP) is 8.44. The van der Waals surface area contributed by atoms with E-state index in [0.717, 1.165) is 30.6 Å². The van der Waals surface area contributed by atoms with Crippen molar-refractivity contribution >= 4 is 19.9 Å². The van der Waals surface area contributed by atoms with E-state index in [9.17, 15) is 9.46 Å². The highest BCUT2D eigenvalue weighted by atomic mass is 32.2. The Hall–Kier alpha value is 0.460. The summed E-state index contributed by atoms with van der Waals surface area (Å²) in [6, 6.07) is 0. The molecule has 1 atom stereocenters. The topological polar surface area (TPSA) is 55.8 Å². The molecule has 0 aromatic rings. The summed E-state index contributed by atoms with van der Waals surface area (Å²) in [6.07, 6.45) is 21.2. The maximum Gasteiger partial charge on any atom is 0.483 e. The van der Waals surface area contributed by atoms with E-state index in [-0.39, 0.29) is 6.10 Å². The Morgan fingerprint density at radius 1 is 0.741 bits per heavy atom. The summed E-state index contributed by atoms with van der Waals surface area (Å²) >= 11 is 1.05. The molecule has 0 aromatic heterocycles. The van der Waals surface area contributed by atoms with Crippen LogP contribution < -0.4 is 0 Å². The summed E-state index contributed by atoms with van der Waals surface area (Å²) in [6.45, 7) is 5.70. The molecule has 6 heteroatoms. The highest BCUT2D eigenvalue weighted by Crippen LogP contribution is 2.48. The first-order chi connectivity index (χ1) is 13.0. The van der Waals surface area contributed by atoms with E-state index in [2.05, 4.69) is 6.92 Å². The quantitative estimate of drug-likeness (QED) is 0.114. The van der Waals surface area contributed by atoms with Crippen molar-refractivity contribution in [1.82, 2.24) is 0 Å². The minimum Gasteiger partial charge on any atom is -0.302 e. The van der Waals surface area contributed by atoms with Crippen molar-refractivity contribution in [2.24, 2.45) is 0 Å². The van der Waals surface area contributed by atoms with Crippen LogP contribution in [0.3, 0.4) is 0 Å². The largest absolute Gasteiger partial charge is 0.483 e. The molecule has 0 heterocycles. The zero-order valence-corrected chi connectivity index (χ0v) is 19.8. The van der Waals surface area contributed by atoms with Gasteiger partial charge in [-0.1, -0.05) is 103 Å². The number of hydrogen-bond acceptors (Lipinski definition) is 4. The Balaban J connectivity index is 3.16. The van der Waals surface area contributed by atoms with Gasteiger partial charge in [-0.3, -0.25) is 4.52 Å². The third-order valence-corrected chi connectivity index (χ3v) is 6.89. The van der Waals surface area contributed by atoms with E-state index in [1.807, 2.05) is 0 Å². The lowest BCUT2D eigenvalue weighted by molar-refractivity contribution is 0.168. The van der Waals surface area contributed by atoms with Crippen LogP contribution in [0.2, 0.25) is 0 Å². The molecule has 4 nitrogen and oxygen atoms in total. The molecule has 0 aromatic carbocycles. The number of phosphoric ester groups is 1. The summed E-state index contributed by atoms with van der Waals surface area (Å²) in [4.78, 5) is 9.41. The number of unbranched alkanes of at least 4 members (excludes halogenated alkanes) is 15. The van der Waals surface area contributed by atoms with Gasteiger partial charge in [-0.05, 0) is 20.3 Å². The van der Waals surface area contributed by atoms with E-state index in [1.54, 1.807) is 13.8 Å². The average Bonchev–Trinajstić information content (AvgIpc) is 2.59. The molecule has 0 saturated carbocycles. The van der Waals surface area contributed by atoms with Gasteiger partial charge in [0.25, 0.3) is 0 Å². The first-order valence-corrected chi connectivity index (χ1v) is 13.7. The van der Waals surface area contributed by atoms with Crippen molar-refractivity contribution in [1.29, 1.82) is 0 Å². The molecule has 0 aliphatic carbocycles. The van der Waals surface area contributed by atoms with Gasteiger partial charge in [0.15, 0.2) is 0 Å². The lowest BCUT2D eigenvalue weighted by Gasteiger charge is -2.13. The second kappa shape index (κ2) is 19.8. The smallest absolute Gasteiger partial charge is 0.302 e. The second-order valence-electron chi connectivity index (χ2n) is 7.82. The number of phosphoric acid groups is 1. The van der Waals surface area contributed by atoms with Crippen LogP contribution in [0.5, 0.6) is 0 Å². The Morgan fingerprint density at radius 3 is 1.48 bits per heavy atom. The fourth-order valence-electron chi connectivity index (χ4n) is 3.10. The summed E-state index contributed by atoms with van der Waals surface area (Å²) in [5.41, 5.74) is 0. The molecule has 0 aliphatic heterocycles. The van der Waals surface area contributed by atoms with Gasteiger partial charge in [-0.25, -0.2) is 8.54 Å². The third-order valence-electron chi connectivity index (χ3n) is 4.57. The third kappa shape index (κ3) is 22.6. The Bertz CT molecular complexity index is 353. The SMILES string of the molecule is CCCCCCCCCCCCCCCCCCSOP(=O)(O)OC(C)C. The molecule has 27 heavy (non-hydrogen) atoms. The van der Waals surface area contributed by atoms with Crippen LogP contribution in [0.25, 0.3) is 0 Å². The average molecular weight is 425 g/mol. The van der Waals surface area contributed by atoms with Crippen LogP contribution in [0.15, 0.2) is 0 Å². The molecular formula is C21H45O4PS. The lowest BCUT2D eigenvalue weighted by atomic mass is 10.0. The van der Waals surface area contributed by atoms with Gasteiger partial charge < -0.3 is 4.89 Å². The van der Waals surface area contributed by atoms with Gasteiger partial charge in [0.05, 0.1) is 6.10 Å². The highest BCUT2D eigenvalue weighted by molar-refractivity contribution is 7.97. The molecule has 0 fully saturated rings. The Morgan fingerprint density at radius 2 is 1.11 bits per heavy atom. The minimum absolute atomic E-state index is 0.308. The normalized spacial score (nSPS) is 14.0. The van der Waals surface area contributed by atoms with E-state index < -0.39 is 7.82 Å². The molecule has 164 valence electrons. The zero-order valence-electron chi connectivity index (χ0n) is 18.1. The van der Waals surface area contributed by atoms with Crippen molar-refractivity contribution < 1.29 is 18.0 Å². The van der Waals surface area contributed by atoms with Crippen molar-refractivity contribution in [3.8, 4) is 0 Å². The standard InChI is InChI=1S/C21H45O4PS/c1-4-5-6-7-8-9-10-11-12-13-14-15-16-17-18-19-20-27-25-26(22,23)24-21(2)3/h21H,4-20H2,1-3H3,(H,22,23). The van der Waals surface area contributed by atoms with Crippen molar-refractivity contribution in [2.45, 2.75) is 130 Å². The fraction of sp³-hybridized carbons (Fsp3) is 1.00. The first kappa shape index (κ1) is 27.5. The Kier molecular flexibility index (Phi) is 20.1. The molecule has 0 radical (unpaired) electrons. The number of rotatable bonds is 21. The van der Waals surface area contributed by atoms with E-state index in [4.69, 9.17) is 8.49 Å². The van der Waals surface area contributed by atoms with Gasteiger partial charge in [0, 0.05) is 17.8 Å². The van der Waals surface area contributed by atoms with Crippen LogP contribution in [0.1, 0.15) is 124 Å². The molecule has 1 N–H and O–H groups in total. The molecule has 0 amide bonds. The van der Waals surface area contributed by atoms with Crippen LogP contribution in [0.4, 0.5) is 0 Å². The summed E-state index contributed by atoms with van der Waals surface area (Å²) in [5.74, 6) is 0.741. The molecule has 0 rings (SSSR count). The monoisotopic (exact) mass is 424 g/mol. The second-order valence-corrected chi connectivity index (χ2v) is 10.2. The van der Waals surface area contributed by atoms with E-state index in [0.29, 0.717) is 0 Å². The van der Waals surface area contributed by atoms with Gasteiger partial charge >= 0.3 is 7.82 Å².